The van der Waals surface area contributed by atoms with Crippen molar-refractivity contribution in [3.63, 3.8) is 0 Å². The quantitative estimate of drug-likeness (QED) is 0.819. The largest absolute Gasteiger partial charge is 0.358 e. The summed E-state index contributed by atoms with van der Waals surface area (Å²) in [5.74, 6) is -0.219. The van der Waals surface area contributed by atoms with Crippen molar-refractivity contribution in [2.75, 3.05) is 26.2 Å². The van der Waals surface area contributed by atoms with Crippen molar-refractivity contribution in [1.82, 2.24) is 15.1 Å². The van der Waals surface area contributed by atoms with E-state index in [9.17, 15) is 4.39 Å². The molecule has 6 heteroatoms. The van der Waals surface area contributed by atoms with E-state index in [1.54, 1.807) is 12.1 Å². The number of rotatable bonds is 4. The minimum absolute atomic E-state index is 0.219. The highest BCUT2D eigenvalue weighted by molar-refractivity contribution is 7.80. The smallest absolute Gasteiger partial charge is 0.169 e. The van der Waals surface area contributed by atoms with Crippen molar-refractivity contribution in [3.05, 3.63) is 70.5 Å². The lowest BCUT2D eigenvalue weighted by atomic mass is 10.2. The van der Waals surface area contributed by atoms with Gasteiger partial charge in [0.15, 0.2) is 5.11 Å². The van der Waals surface area contributed by atoms with E-state index in [1.165, 1.54) is 17.7 Å². The number of benzene rings is 2. The van der Waals surface area contributed by atoms with E-state index in [2.05, 4.69) is 27.2 Å². The van der Waals surface area contributed by atoms with Crippen LogP contribution in [0.1, 0.15) is 11.1 Å². The van der Waals surface area contributed by atoms with Gasteiger partial charge in [0, 0.05) is 44.3 Å². The Morgan fingerprint density at radius 3 is 2.20 bits per heavy atom. The number of hydrogen-bond acceptors (Lipinski definition) is 2. The van der Waals surface area contributed by atoms with E-state index in [0.717, 1.165) is 48.4 Å². The number of piperazine rings is 1. The van der Waals surface area contributed by atoms with Gasteiger partial charge in [-0.15, -0.1) is 0 Å². The van der Waals surface area contributed by atoms with Crippen LogP contribution in [-0.4, -0.2) is 41.1 Å². The molecule has 3 rings (SSSR count). The highest BCUT2D eigenvalue weighted by Gasteiger charge is 2.18. The molecular weight excluding hydrogens is 357 g/mol. The Morgan fingerprint density at radius 2 is 1.56 bits per heavy atom. The van der Waals surface area contributed by atoms with E-state index in [0.29, 0.717) is 6.54 Å². The molecule has 132 valence electrons. The van der Waals surface area contributed by atoms with E-state index >= 15 is 0 Å². The Balaban J connectivity index is 1.42. The Labute approximate surface area is 158 Å². The van der Waals surface area contributed by atoms with Crippen LogP contribution in [0.5, 0.6) is 0 Å². The second kappa shape index (κ2) is 8.61. The Kier molecular flexibility index (Phi) is 6.24. The Bertz CT molecular complexity index is 698. The molecule has 1 heterocycles. The molecule has 1 N–H and O–H groups in total. The number of nitrogens with one attached hydrogen (secondary N) is 1. The first-order valence-corrected chi connectivity index (χ1v) is 9.13. The fourth-order valence-electron chi connectivity index (χ4n) is 2.85. The predicted molar refractivity (Wildman–Crippen MR) is 104 cm³/mol. The first kappa shape index (κ1) is 18.1. The number of halogens is 2. The number of hydrogen-bond donors (Lipinski definition) is 1. The Morgan fingerprint density at radius 1 is 0.960 bits per heavy atom. The van der Waals surface area contributed by atoms with Gasteiger partial charge < -0.3 is 10.2 Å². The van der Waals surface area contributed by atoms with Gasteiger partial charge in [-0.1, -0.05) is 35.9 Å². The van der Waals surface area contributed by atoms with Crippen molar-refractivity contribution < 1.29 is 4.39 Å². The lowest BCUT2D eigenvalue weighted by molar-refractivity contribution is 0.174. The van der Waals surface area contributed by atoms with E-state index in [4.69, 9.17) is 23.8 Å². The van der Waals surface area contributed by atoms with Crippen LogP contribution in [0.4, 0.5) is 4.39 Å². The predicted octanol–water partition coefficient (Wildman–Crippen LogP) is 3.67. The lowest BCUT2D eigenvalue weighted by Crippen LogP contribution is -2.51. The first-order chi connectivity index (χ1) is 12.1. The van der Waals surface area contributed by atoms with Crippen LogP contribution in [0.15, 0.2) is 48.5 Å². The van der Waals surface area contributed by atoms with Crippen molar-refractivity contribution in [1.29, 1.82) is 0 Å². The molecule has 1 aliphatic rings. The SMILES string of the molecule is Fc1ccc(CNC(=S)N2CCN(Cc3ccc(Cl)cc3)CC2)cc1. The molecule has 1 saturated heterocycles. The minimum atomic E-state index is -0.219. The zero-order valence-electron chi connectivity index (χ0n) is 13.9. The summed E-state index contributed by atoms with van der Waals surface area (Å²) in [6.07, 6.45) is 0. The van der Waals surface area contributed by atoms with Gasteiger partial charge in [0.05, 0.1) is 0 Å². The second-order valence-electron chi connectivity index (χ2n) is 6.17. The molecule has 0 unspecified atom stereocenters. The van der Waals surface area contributed by atoms with Crippen molar-refractivity contribution in [2.45, 2.75) is 13.1 Å². The number of thiocarbonyl (C=S) groups is 1. The molecule has 0 aliphatic carbocycles. The summed E-state index contributed by atoms with van der Waals surface area (Å²) in [5.41, 5.74) is 2.29. The third-order valence-corrected chi connectivity index (χ3v) is 4.99. The van der Waals surface area contributed by atoms with Gasteiger partial charge in [-0.05, 0) is 47.6 Å². The van der Waals surface area contributed by atoms with Gasteiger partial charge in [0.25, 0.3) is 0 Å². The maximum Gasteiger partial charge on any atom is 0.169 e. The van der Waals surface area contributed by atoms with Gasteiger partial charge in [0.2, 0.25) is 0 Å². The maximum atomic E-state index is 12.9. The van der Waals surface area contributed by atoms with Gasteiger partial charge in [-0.2, -0.15) is 0 Å². The maximum absolute atomic E-state index is 12.9. The summed E-state index contributed by atoms with van der Waals surface area (Å²) >= 11 is 11.4. The lowest BCUT2D eigenvalue weighted by Gasteiger charge is -2.36. The molecule has 0 aromatic heterocycles. The molecule has 2 aromatic carbocycles. The fourth-order valence-corrected chi connectivity index (χ4v) is 3.23. The summed E-state index contributed by atoms with van der Waals surface area (Å²) in [5, 5.41) is 4.79. The molecule has 3 nitrogen and oxygen atoms in total. The molecule has 0 bridgehead atoms. The van der Waals surface area contributed by atoms with Crippen LogP contribution in [-0.2, 0) is 13.1 Å². The topological polar surface area (TPSA) is 18.5 Å². The van der Waals surface area contributed by atoms with E-state index in [-0.39, 0.29) is 5.82 Å². The molecular formula is C19H21ClFN3S. The summed E-state index contributed by atoms with van der Waals surface area (Å²) < 4.78 is 12.9. The molecule has 2 aromatic rings. The van der Waals surface area contributed by atoms with Crippen LogP contribution < -0.4 is 5.32 Å². The third kappa shape index (κ3) is 5.39. The van der Waals surface area contributed by atoms with Gasteiger partial charge in [-0.25, -0.2) is 4.39 Å². The highest BCUT2D eigenvalue weighted by Crippen LogP contribution is 2.13. The molecule has 0 spiro atoms. The summed E-state index contributed by atoms with van der Waals surface area (Å²) in [7, 11) is 0. The summed E-state index contributed by atoms with van der Waals surface area (Å²) in [4.78, 5) is 4.61. The standard InChI is InChI=1S/C19H21ClFN3S/c20-17-5-1-16(2-6-17)14-23-9-11-24(12-10-23)19(25)22-13-15-3-7-18(21)8-4-15/h1-8H,9-14H2,(H,22,25). The zero-order chi connectivity index (χ0) is 17.6. The first-order valence-electron chi connectivity index (χ1n) is 8.34. The van der Waals surface area contributed by atoms with E-state index in [1.807, 2.05) is 12.1 Å². The summed E-state index contributed by atoms with van der Waals surface area (Å²) in [6.45, 7) is 5.30. The van der Waals surface area contributed by atoms with Gasteiger partial charge in [-0.3, -0.25) is 4.90 Å². The second-order valence-corrected chi connectivity index (χ2v) is 7.00. The van der Waals surface area contributed by atoms with Crippen LogP contribution in [0.3, 0.4) is 0 Å². The monoisotopic (exact) mass is 377 g/mol. The zero-order valence-corrected chi connectivity index (χ0v) is 15.5. The van der Waals surface area contributed by atoms with Crippen LogP contribution in [0.2, 0.25) is 5.02 Å². The van der Waals surface area contributed by atoms with Crippen molar-refractivity contribution >= 4 is 28.9 Å². The average molecular weight is 378 g/mol. The molecule has 0 amide bonds. The average Bonchev–Trinajstić information content (AvgIpc) is 2.63. The number of nitrogens with zero attached hydrogens (tertiary/aromatic N) is 2. The molecule has 1 fully saturated rings. The summed E-state index contributed by atoms with van der Waals surface area (Å²) in [6, 6.07) is 14.5. The Hall–Kier alpha value is -1.69. The fraction of sp³-hybridized carbons (Fsp3) is 0.316. The minimum Gasteiger partial charge on any atom is -0.358 e. The molecule has 0 atom stereocenters. The molecule has 1 aliphatic heterocycles. The molecule has 0 saturated carbocycles. The van der Waals surface area contributed by atoms with E-state index < -0.39 is 0 Å². The van der Waals surface area contributed by atoms with Crippen molar-refractivity contribution in [3.8, 4) is 0 Å². The van der Waals surface area contributed by atoms with Crippen molar-refractivity contribution in [2.24, 2.45) is 0 Å². The van der Waals surface area contributed by atoms with Crippen LogP contribution in [0.25, 0.3) is 0 Å². The van der Waals surface area contributed by atoms with Gasteiger partial charge in [0.1, 0.15) is 5.82 Å². The normalized spacial score (nSPS) is 15.2. The molecule has 25 heavy (non-hydrogen) atoms. The van der Waals surface area contributed by atoms with Crippen LogP contribution in [0, 0.1) is 5.82 Å². The van der Waals surface area contributed by atoms with Crippen LogP contribution >= 0.6 is 23.8 Å². The van der Waals surface area contributed by atoms with Gasteiger partial charge >= 0.3 is 0 Å². The highest BCUT2D eigenvalue weighted by atomic mass is 35.5. The molecule has 0 radical (unpaired) electrons. The third-order valence-electron chi connectivity index (χ3n) is 4.34.